The molecule has 0 saturated heterocycles. The Bertz CT molecular complexity index is 1030. The molecule has 5 nitrogen and oxygen atoms in total. The maximum absolute atomic E-state index is 13.3. The molecule has 0 atom stereocenters. The molecule has 140 valence electrons. The van der Waals surface area contributed by atoms with Crippen molar-refractivity contribution >= 4 is 5.91 Å². The maximum atomic E-state index is 13.3. The summed E-state index contributed by atoms with van der Waals surface area (Å²) in [6, 6.07) is 15.6. The summed E-state index contributed by atoms with van der Waals surface area (Å²) < 4.78 is 37.0. The fraction of sp³-hybridized carbons (Fsp3) is 0.0476. The van der Waals surface area contributed by atoms with Crippen molar-refractivity contribution in [2.45, 2.75) is 6.04 Å². The highest BCUT2D eigenvalue weighted by Crippen LogP contribution is 2.25. The third kappa shape index (κ3) is 3.68. The van der Waals surface area contributed by atoms with Crippen molar-refractivity contribution in [3.8, 4) is 11.5 Å². The number of rotatable bonds is 5. The molecule has 1 amide bonds. The predicted molar refractivity (Wildman–Crippen MR) is 96.3 cm³/mol. The van der Waals surface area contributed by atoms with Gasteiger partial charge in [-0.25, -0.2) is 8.78 Å². The van der Waals surface area contributed by atoms with Crippen molar-refractivity contribution in [1.29, 1.82) is 0 Å². The predicted octanol–water partition coefficient (Wildman–Crippen LogP) is 4.73. The van der Waals surface area contributed by atoms with E-state index < -0.39 is 23.6 Å². The number of aromatic nitrogens is 1. The van der Waals surface area contributed by atoms with Crippen LogP contribution >= 0.6 is 0 Å². The van der Waals surface area contributed by atoms with Gasteiger partial charge >= 0.3 is 0 Å². The Morgan fingerprint density at radius 2 is 1.50 bits per heavy atom. The van der Waals surface area contributed by atoms with Crippen molar-refractivity contribution in [3.05, 3.63) is 101 Å². The van der Waals surface area contributed by atoms with Crippen LogP contribution in [-0.4, -0.2) is 11.1 Å². The molecular weight excluding hydrogens is 366 g/mol. The van der Waals surface area contributed by atoms with Crippen molar-refractivity contribution in [3.63, 3.8) is 0 Å². The van der Waals surface area contributed by atoms with Crippen LogP contribution in [0.2, 0.25) is 0 Å². The van der Waals surface area contributed by atoms with Crippen LogP contribution < -0.4 is 5.32 Å². The Morgan fingerprint density at radius 3 is 2.04 bits per heavy atom. The SMILES string of the molecule is O=C(NC(c1ccc(F)cc1)c1ccc(F)cc1)c1cc(-c2ccco2)on1. The summed E-state index contributed by atoms with van der Waals surface area (Å²) in [5.74, 6) is -0.532. The molecule has 2 aromatic heterocycles. The van der Waals surface area contributed by atoms with E-state index in [0.29, 0.717) is 22.6 Å². The Hall–Kier alpha value is -3.74. The maximum Gasteiger partial charge on any atom is 0.274 e. The Kier molecular flexibility index (Phi) is 4.72. The van der Waals surface area contributed by atoms with Gasteiger partial charge in [-0.15, -0.1) is 0 Å². The molecule has 1 N–H and O–H groups in total. The van der Waals surface area contributed by atoms with Crippen molar-refractivity contribution in [2.24, 2.45) is 0 Å². The highest BCUT2D eigenvalue weighted by atomic mass is 19.1. The molecule has 0 bridgehead atoms. The quantitative estimate of drug-likeness (QED) is 0.543. The average molecular weight is 380 g/mol. The first-order valence-electron chi connectivity index (χ1n) is 8.42. The molecule has 2 heterocycles. The lowest BCUT2D eigenvalue weighted by Crippen LogP contribution is -2.29. The van der Waals surface area contributed by atoms with E-state index in [1.807, 2.05) is 0 Å². The first-order chi connectivity index (χ1) is 13.6. The van der Waals surface area contributed by atoms with E-state index in [2.05, 4.69) is 10.5 Å². The van der Waals surface area contributed by atoms with Gasteiger partial charge in [0.05, 0.1) is 12.3 Å². The van der Waals surface area contributed by atoms with Gasteiger partial charge in [0.2, 0.25) is 5.76 Å². The minimum atomic E-state index is -0.627. The second kappa shape index (κ2) is 7.48. The fourth-order valence-electron chi connectivity index (χ4n) is 2.79. The van der Waals surface area contributed by atoms with Gasteiger partial charge in [0, 0.05) is 6.07 Å². The highest BCUT2D eigenvalue weighted by Gasteiger charge is 2.21. The molecule has 2 aromatic carbocycles. The lowest BCUT2D eigenvalue weighted by Gasteiger charge is -2.19. The molecule has 28 heavy (non-hydrogen) atoms. The third-order valence-electron chi connectivity index (χ3n) is 4.19. The zero-order valence-corrected chi connectivity index (χ0v) is 14.4. The van der Waals surface area contributed by atoms with Crippen LogP contribution in [-0.2, 0) is 0 Å². The Labute approximate surface area is 158 Å². The van der Waals surface area contributed by atoms with Crippen molar-refractivity contribution < 1.29 is 22.5 Å². The highest BCUT2D eigenvalue weighted by molar-refractivity contribution is 5.93. The number of hydrogen-bond donors (Lipinski definition) is 1. The topological polar surface area (TPSA) is 68.3 Å². The van der Waals surface area contributed by atoms with Gasteiger partial charge in [-0.2, -0.15) is 0 Å². The molecule has 7 heteroatoms. The number of carbonyl (C=O) groups is 1. The summed E-state index contributed by atoms with van der Waals surface area (Å²) in [7, 11) is 0. The summed E-state index contributed by atoms with van der Waals surface area (Å²) in [5, 5.41) is 6.60. The zero-order chi connectivity index (χ0) is 19.5. The lowest BCUT2D eigenvalue weighted by molar-refractivity contribution is 0.0934. The summed E-state index contributed by atoms with van der Waals surface area (Å²) in [6.45, 7) is 0. The molecule has 4 aromatic rings. The summed E-state index contributed by atoms with van der Waals surface area (Å²) in [5.41, 5.74) is 1.33. The second-order valence-corrected chi connectivity index (χ2v) is 6.06. The minimum absolute atomic E-state index is 0.0561. The van der Waals surface area contributed by atoms with Crippen LogP contribution in [0, 0.1) is 11.6 Å². The van der Waals surface area contributed by atoms with E-state index in [4.69, 9.17) is 8.94 Å². The third-order valence-corrected chi connectivity index (χ3v) is 4.19. The van der Waals surface area contributed by atoms with E-state index in [-0.39, 0.29) is 5.69 Å². The van der Waals surface area contributed by atoms with Gasteiger partial charge in [-0.05, 0) is 47.5 Å². The molecule has 0 spiro atoms. The molecule has 0 aliphatic heterocycles. The summed E-state index contributed by atoms with van der Waals surface area (Å²) in [4.78, 5) is 12.7. The summed E-state index contributed by atoms with van der Waals surface area (Å²) in [6.07, 6.45) is 1.48. The van der Waals surface area contributed by atoms with E-state index in [1.54, 1.807) is 36.4 Å². The van der Waals surface area contributed by atoms with E-state index in [9.17, 15) is 13.6 Å². The van der Waals surface area contributed by atoms with Gasteiger partial charge in [0.1, 0.15) is 11.6 Å². The van der Waals surface area contributed by atoms with Crippen LogP contribution in [0.5, 0.6) is 0 Å². The van der Waals surface area contributed by atoms with E-state index >= 15 is 0 Å². The number of carbonyl (C=O) groups excluding carboxylic acids is 1. The molecular formula is C21H14F2N2O3. The van der Waals surface area contributed by atoms with Crippen molar-refractivity contribution in [1.82, 2.24) is 10.5 Å². The van der Waals surface area contributed by atoms with E-state index in [0.717, 1.165) is 0 Å². The Balaban J connectivity index is 1.62. The van der Waals surface area contributed by atoms with Crippen LogP contribution in [0.25, 0.3) is 11.5 Å². The minimum Gasteiger partial charge on any atom is -0.461 e. The van der Waals surface area contributed by atoms with Gasteiger partial charge in [0.15, 0.2) is 11.5 Å². The number of halogens is 2. The molecule has 0 unspecified atom stereocenters. The first kappa shape index (κ1) is 17.7. The monoisotopic (exact) mass is 380 g/mol. The number of hydrogen-bond acceptors (Lipinski definition) is 4. The largest absolute Gasteiger partial charge is 0.461 e. The smallest absolute Gasteiger partial charge is 0.274 e. The number of amides is 1. The molecule has 0 aliphatic carbocycles. The number of benzene rings is 2. The lowest BCUT2D eigenvalue weighted by atomic mass is 9.98. The molecule has 0 aliphatic rings. The number of nitrogens with zero attached hydrogens (tertiary/aromatic N) is 1. The average Bonchev–Trinajstić information content (AvgIpc) is 3.39. The van der Waals surface area contributed by atoms with Gasteiger partial charge < -0.3 is 14.3 Å². The van der Waals surface area contributed by atoms with Gasteiger partial charge in [0.25, 0.3) is 5.91 Å². The van der Waals surface area contributed by atoms with E-state index in [1.165, 1.54) is 36.6 Å². The first-order valence-corrected chi connectivity index (χ1v) is 8.42. The molecule has 0 fully saturated rings. The standard InChI is InChI=1S/C21H14F2N2O3/c22-15-7-3-13(4-8-15)20(14-5-9-16(23)10-6-14)24-21(26)17-12-19(28-25-17)18-2-1-11-27-18/h1-12,20H,(H,24,26). The van der Waals surface area contributed by atoms with Crippen LogP contribution in [0.3, 0.4) is 0 Å². The van der Waals surface area contributed by atoms with Crippen LogP contribution in [0.4, 0.5) is 8.78 Å². The molecule has 0 radical (unpaired) electrons. The number of nitrogens with one attached hydrogen (secondary N) is 1. The number of furan rings is 1. The van der Waals surface area contributed by atoms with Gasteiger partial charge in [-0.1, -0.05) is 29.4 Å². The molecule has 0 saturated carbocycles. The normalized spacial score (nSPS) is 11.0. The van der Waals surface area contributed by atoms with Gasteiger partial charge in [-0.3, -0.25) is 4.79 Å². The fourth-order valence-corrected chi connectivity index (χ4v) is 2.79. The molecule has 4 rings (SSSR count). The van der Waals surface area contributed by atoms with Crippen molar-refractivity contribution in [2.75, 3.05) is 0 Å². The summed E-state index contributed by atoms with van der Waals surface area (Å²) >= 11 is 0. The zero-order valence-electron chi connectivity index (χ0n) is 14.4. The van der Waals surface area contributed by atoms with Crippen LogP contribution in [0.15, 0.2) is 81.9 Å². The second-order valence-electron chi connectivity index (χ2n) is 6.06. The van der Waals surface area contributed by atoms with Crippen LogP contribution in [0.1, 0.15) is 27.7 Å². The Morgan fingerprint density at radius 1 is 0.893 bits per heavy atom.